The van der Waals surface area contributed by atoms with Crippen LogP contribution in [0.3, 0.4) is 0 Å². The standard InChI is InChI=1S/C17H34BN3O5P2/c1-6-21(15(2)3)27(25-12-7-10-19)20-11-8-16(26-17(18)14-20)9-13-28(22,23-4)24-5/h9,13,15-17H,6-8,11-12,14,18H2,1-5H3/b13-9+. The molecule has 0 aliphatic carbocycles. The molecule has 1 rings (SSSR count). The summed E-state index contributed by atoms with van der Waals surface area (Å²) in [5, 5.41) is 8.86. The van der Waals surface area contributed by atoms with Crippen LogP contribution in [0, 0.1) is 11.3 Å². The van der Waals surface area contributed by atoms with E-state index in [1.807, 2.05) is 7.85 Å². The lowest BCUT2D eigenvalue weighted by molar-refractivity contribution is 0.0688. The molecule has 1 fully saturated rings. The van der Waals surface area contributed by atoms with Crippen molar-refractivity contribution in [1.29, 1.82) is 5.26 Å². The number of nitriles is 1. The topological polar surface area (TPSA) is 84.3 Å². The summed E-state index contributed by atoms with van der Waals surface area (Å²) in [7, 11) is 0.569. The lowest BCUT2D eigenvalue weighted by Gasteiger charge is -2.39. The molecule has 1 heterocycles. The number of hydrogen-bond donors (Lipinski definition) is 0. The van der Waals surface area contributed by atoms with E-state index in [1.54, 1.807) is 6.08 Å². The molecule has 11 heteroatoms. The van der Waals surface area contributed by atoms with Crippen molar-refractivity contribution < 1.29 is 22.9 Å². The van der Waals surface area contributed by atoms with Gasteiger partial charge in [-0.2, -0.15) is 5.26 Å². The SMILES string of the molecule is BC1CN(P(OCCC#N)N(CC)C(C)C)CCC(/C=C/P(=O)(OC)OC)O1. The fourth-order valence-corrected chi connectivity index (χ4v) is 5.92. The Kier molecular flexibility index (Phi) is 12.1. The molecule has 160 valence electrons. The van der Waals surface area contributed by atoms with Gasteiger partial charge in [-0.15, -0.1) is 0 Å². The van der Waals surface area contributed by atoms with Gasteiger partial charge in [0.05, 0.1) is 25.2 Å². The van der Waals surface area contributed by atoms with Crippen molar-refractivity contribution in [2.45, 2.75) is 51.8 Å². The highest BCUT2D eigenvalue weighted by Crippen LogP contribution is 2.49. The maximum absolute atomic E-state index is 12.2. The average molecular weight is 433 g/mol. The minimum atomic E-state index is -3.20. The molecule has 0 spiro atoms. The molecule has 0 aromatic carbocycles. The van der Waals surface area contributed by atoms with Gasteiger partial charge in [-0.25, -0.2) is 9.34 Å². The number of ether oxygens (including phenoxy) is 1. The number of nitrogens with zero attached hydrogens (tertiary/aromatic N) is 3. The lowest BCUT2D eigenvalue weighted by atomic mass is 10.0. The Morgan fingerprint density at radius 1 is 1.46 bits per heavy atom. The van der Waals surface area contributed by atoms with Gasteiger partial charge in [0, 0.05) is 51.7 Å². The van der Waals surface area contributed by atoms with Crippen LogP contribution in [0.1, 0.15) is 33.6 Å². The van der Waals surface area contributed by atoms with E-state index in [2.05, 4.69) is 36.2 Å². The number of hydrogen-bond acceptors (Lipinski definition) is 8. The Balaban J connectivity index is 2.90. The summed E-state index contributed by atoms with van der Waals surface area (Å²) in [4.78, 5) is 0. The molecule has 0 radical (unpaired) electrons. The molecule has 8 nitrogen and oxygen atoms in total. The molecule has 3 unspecified atom stereocenters. The summed E-state index contributed by atoms with van der Waals surface area (Å²) in [6.45, 7) is 9.25. The fourth-order valence-electron chi connectivity index (χ4n) is 2.94. The normalized spacial score (nSPS) is 23.2. The summed E-state index contributed by atoms with van der Waals surface area (Å²) >= 11 is 0. The average Bonchev–Trinajstić information content (AvgIpc) is 2.86. The van der Waals surface area contributed by atoms with Gasteiger partial charge in [0.15, 0.2) is 8.45 Å². The predicted octanol–water partition coefficient (Wildman–Crippen LogP) is 2.92. The van der Waals surface area contributed by atoms with Crippen molar-refractivity contribution in [2.75, 3.05) is 40.5 Å². The minimum absolute atomic E-state index is 0.0166. The van der Waals surface area contributed by atoms with Gasteiger partial charge in [-0.3, -0.25) is 4.57 Å². The zero-order valence-corrected chi connectivity index (χ0v) is 19.7. The minimum Gasteiger partial charge on any atom is -0.379 e. The first-order valence-electron chi connectivity index (χ1n) is 9.67. The molecule has 0 aromatic rings. The Morgan fingerprint density at radius 3 is 2.68 bits per heavy atom. The van der Waals surface area contributed by atoms with Crippen LogP contribution in [0.2, 0.25) is 0 Å². The van der Waals surface area contributed by atoms with Crippen LogP contribution >= 0.6 is 16.0 Å². The van der Waals surface area contributed by atoms with Crippen molar-refractivity contribution in [3.05, 3.63) is 11.9 Å². The third-order valence-electron chi connectivity index (χ3n) is 4.34. The Morgan fingerprint density at radius 2 is 2.14 bits per heavy atom. The maximum Gasteiger partial charge on any atom is 0.353 e. The van der Waals surface area contributed by atoms with Gasteiger partial charge in [-0.05, 0) is 26.3 Å². The van der Waals surface area contributed by atoms with Crippen LogP contribution < -0.4 is 0 Å². The molecular weight excluding hydrogens is 399 g/mol. The van der Waals surface area contributed by atoms with Gasteiger partial charge in [0.1, 0.15) is 7.85 Å². The van der Waals surface area contributed by atoms with Crippen molar-refractivity contribution >= 4 is 23.9 Å². The van der Waals surface area contributed by atoms with Crippen molar-refractivity contribution in [1.82, 2.24) is 9.34 Å². The van der Waals surface area contributed by atoms with E-state index in [9.17, 15) is 4.57 Å². The van der Waals surface area contributed by atoms with Crippen molar-refractivity contribution in [3.63, 3.8) is 0 Å². The maximum atomic E-state index is 12.2. The third kappa shape index (κ3) is 8.22. The van der Waals surface area contributed by atoms with E-state index >= 15 is 0 Å². The quantitative estimate of drug-likeness (QED) is 0.280. The summed E-state index contributed by atoms with van der Waals surface area (Å²) in [6, 6.07) is 2.47. The lowest BCUT2D eigenvalue weighted by Crippen LogP contribution is -2.37. The van der Waals surface area contributed by atoms with Crippen LogP contribution in [0.4, 0.5) is 0 Å². The van der Waals surface area contributed by atoms with Crippen LogP contribution in [0.15, 0.2) is 11.9 Å². The summed E-state index contributed by atoms with van der Waals surface area (Å²) in [5.74, 6) is 1.47. The second kappa shape index (κ2) is 13.1. The highest BCUT2D eigenvalue weighted by molar-refractivity contribution is 7.57. The van der Waals surface area contributed by atoms with Crippen molar-refractivity contribution in [3.8, 4) is 6.07 Å². The molecule has 1 aliphatic heterocycles. The molecule has 1 saturated heterocycles. The van der Waals surface area contributed by atoms with Gasteiger partial charge in [0.2, 0.25) is 0 Å². The molecule has 28 heavy (non-hydrogen) atoms. The Bertz CT molecular complexity index is 567. The largest absolute Gasteiger partial charge is 0.379 e. The van der Waals surface area contributed by atoms with Crippen LogP contribution in [0.25, 0.3) is 0 Å². The van der Waals surface area contributed by atoms with E-state index in [4.69, 9.17) is 23.6 Å². The first kappa shape index (κ1) is 25.8. The molecule has 0 saturated carbocycles. The first-order chi connectivity index (χ1) is 13.3. The third-order valence-corrected chi connectivity index (χ3v) is 8.34. The zero-order valence-electron chi connectivity index (χ0n) is 17.9. The Labute approximate surface area is 172 Å². The monoisotopic (exact) mass is 433 g/mol. The van der Waals surface area contributed by atoms with Gasteiger partial charge in [-0.1, -0.05) is 6.92 Å². The molecular formula is C17H34BN3O5P2. The Hall–Kier alpha value is -0.285. The van der Waals surface area contributed by atoms with E-state index in [0.29, 0.717) is 19.1 Å². The van der Waals surface area contributed by atoms with Crippen LogP contribution in [-0.2, 0) is 22.9 Å². The fraction of sp³-hybridized carbons (Fsp3) is 0.824. The highest BCUT2D eigenvalue weighted by Gasteiger charge is 2.32. The predicted molar refractivity (Wildman–Crippen MR) is 115 cm³/mol. The smallest absolute Gasteiger partial charge is 0.353 e. The molecule has 0 bridgehead atoms. The van der Waals surface area contributed by atoms with Crippen LogP contribution in [-0.4, -0.2) is 75.8 Å². The molecule has 0 amide bonds. The van der Waals surface area contributed by atoms with Gasteiger partial charge >= 0.3 is 7.60 Å². The van der Waals surface area contributed by atoms with E-state index in [-0.39, 0.29) is 12.1 Å². The molecule has 3 atom stereocenters. The molecule has 0 N–H and O–H groups in total. The van der Waals surface area contributed by atoms with E-state index in [0.717, 1.165) is 26.1 Å². The molecule has 0 aromatic heterocycles. The second-order valence-corrected chi connectivity index (χ2v) is 10.7. The number of rotatable bonds is 11. The summed E-state index contributed by atoms with van der Waals surface area (Å²) < 4.78 is 39.1. The first-order valence-corrected chi connectivity index (χ1v) is 12.4. The highest BCUT2D eigenvalue weighted by atomic mass is 31.2. The summed E-state index contributed by atoms with van der Waals surface area (Å²) in [5.41, 5.74) is 0. The van der Waals surface area contributed by atoms with Gasteiger partial charge in [0.25, 0.3) is 0 Å². The molecule has 1 aliphatic rings. The van der Waals surface area contributed by atoms with Crippen molar-refractivity contribution in [2.24, 2.45) is 0 Å². The van der Waals surface area contributed by atoms with E-state index in [1.165, 1.54) is 20.0 Å². The second-order valence-electron chi connectivity index (χ2n) is 6.78. The summed E-state index contributed by atoms with van der Waals surface area (Å²) in [6.07, 6.45) is 2.71. The zero-order chi connectivity index (χ0) is 21.2. The van der Waals surface area contributed by atoms with E-state index < -0.39 is 16.0 Å². The van der Waals surface area contributed by atoms with Crippen LogP contribution in [0.5, 0.6) is 0 Å². The van der Waals surface area contributed by atoms with Gasteiger partial charge < -0.3 is 18.3 Å².